The first-order valence-electron chi connectivity index (χ1n) is 18.2. The van der Waals surface area contributed by atoms with Crippen LogP contribution in [0.15, 0.2) is 48.5 Å². The summed E-state index contributed by atoms with van der Waals surface area (Å²) in [6, 6.07) is 15.0. The molecule has 4 saturated heterocycles. The number of anilines is 2. The lowest BCUT2D eigenvalue weighted by Crippen LogP contribution is -2.39. The Morgan fingerprint density at radius 1 is 0.647 bits per heavy atom. The summed E-state index contributed by atoms with van der Waals surface area (Å²) in [4.78, 5) is 20.2. The minimum atomic E-state index is -4.31. The van der Waals surface area contributed by atoms with Crippen molar-refractivity contribution >= 4 is 33.4 Å². The van der Waals surface area contributed by atoms with Crippen molar-refractivity contribution in [3.05, 3.63) is 82.9 Å². The van der Waals surface area contributed by atoms with Crippen LogP contribution in [0.4, 0.5) is 33.3 Å². The molecule has 4 N–H and O–H groups in total. The van der Waals surface area contributed by atoms with E-state index in [0.29, 0.717) is 5.69 Å². The van der Waals surface area contributed by atoms with Gasteiger partial charge >= 0.3 is 6.18 Å². The van der Waals surface area contributed by atoms with Crippen molar-refractivity contribution in [2.75, 3.05) is 36.0 Å². The number of hydrogen-bond acceptors (Lipinski definition) is 6. The zero-order valence-electron chi connectivity index (χ0n) is 28.2. The highest BCUT2D eigenvalue weighted by molar-refractivity contribution is 5.78. The van der Waals surface area contributed by atoms with Crippen LogP contribution in [-0.2, 0) is 0 Å². The molecule has 8 nitrogen and oxygen atoms in total. The van der Waals surface area contributed by atoms with Crippen molar-refractivity contribution in [3.8, 4) is 0 Å². The molecule has 13 heteroatoms. The summed E-state index contributed by atoms with van der Waals surface area (Å²) >= 11 is 0. The largest absolute Gasteiger partial charge is 0.391 e. The van der Waals surface area contributed by atoms with Crippen LogP contribution in [0.2, 0.25) is 0 Å². The van der Waals surface area contributed by atoms with Gasteiger partial charge in [-0.1, -0.05) is 12.1 Å². The summed E-state index contributed by atoms with van der Waals surface area (Å²) in [5.74, 6) is -1.16. The van der Waals surface area contributed by atoms with Crippen LogP contribution in [-0.4, -0.2) is 52.3 Å². The second-order valence-electron chi connectivity index (χ2n) is 14.7. The fraction of sp³-hybridized carbons (Fsp3) is 0.474. The molecule has 268 valence electrons. The maximum atomic E-state index is 16.1. The average Bonchev–Trinajstić information content (AvgIpc) is 3.96. The Morgan fingerprint density at radius 3 is 1.61 bits per heavy atom. The molecule has 0 unspecified atom stereocenters. The van der Waals surface area contributed by atoms with Gasteiger partial charge in [0.05, 0.1) is 52.2 Å². The van der Waals surface area contributed by atoms with E-state index in [1.54, 1.807) is 0 Å². The summed E-state index contributed by atoms with van der Waals surface area (Å²) in [6.45, 7) is 1.81. The predicted octanol–water partition coefficient (Wildman–Crippen LogP) is 8.43. The van der Waals surface area contributed by atoms with Gasteiger partial charge in [0, 0.05) is 18.8 Å². The standard InChI is InChI=1S/C38H41F5N8/c39-25-19-24(20-26(40)35(25)50-15-11-23(12-16-50)38(41,42)43)51-33(21-5-7-27-31(17-21)48-36(46-27)29-3-1-13-44-29)9-10-34(51)22-6-8-28-32(18-22)49-37(47-28)30-4-2-14-45-30/h5-8,17-20,23,29-30,33-34,44-45H,1-4,9-16H2,(H,46,48)(H,47,49)/t29-,30-,33-,34+/m0/s1. The molecule has 5 aromatic rings. The normalized spacial score (nSPS) is 24.9. The third-order valence-electron chi connectivity index (χ3n) is 11.6. The molecule has 51 heavy (non-hydrogen) atoms. The minimum Gasteiger partial charge on any atom is -0.367 e. The molecule has 0 amide bonds. The van der Waals surface area contributed by atoms with E-state index in [2.05, 4.69) is 49.8 Å². The number of hydrogen-bond donors (Lipinski definition) is 4. The second kappa shape index (κ2) is 12.8. The van der Waals surface area contributed by atoms with Crippen molar-refractivity contribution < 1.29 is 22.0 Å². The highest BCUT2D eigenvalue weighted by Gasteiger charge is 2.42. The van der Waals surface area contributed by atoms with Gasteiger partial charge in [0.15, 0.2) is 11.6 Å². The molecular weight excluding hydrogens is 663 g/mol. The second-order valence-corrected chi connectivity index (χ2v) is 14.7. The molecule has 4 aliphatic rings. The summed E-state index contributed by atoms with van der Waals surface area (Å²) in [5.41, 5.74) is 5.74. The van der Waals surface area contributed by atoms with Crippen molar-refractivity contribution in [1.29, 1.82) is 0 Å². The van der Waals surface area contributed by atoms with Crippen molar-refractivity contribution in [1.82, 2.24) is 30.6 Å². The molecule has 0 radical (unpaired) electrons. The SMILES string of the molecule is Fc1cc(N2[C@@H](c3ccc4nc([C@@H]5CCCN5)[nH]c4c3)CC[C@H]2c2ccc3nc([C@@H]4CCCN4)[nH]c3c2)cc(F)c1N1CCC(C(F)(F)F)CC1. The molecule has 3 aromatic carbocycles. The Labute approximate surface area is 292 Å². The number of nitrogens with zero attached hydrogens (tertiary/aromatic N) is 4. The van der Waals surface area contributed by atoms with Crippen molar-refractivity contribution in [3.63, 3.8) is 0 Å². The molecule has 4 fully saturated rings. The van der Waals surface area contributed by atoms with Crippen LogP contribution in [0.5, 0.6) is 0 Å². The van der Waals surface area contributed by atoms with Gasteiger partial charge in [0.2, 0.25) is 0 Å². The lowest BCUT2D eigenvalue weighted by atomic mass is 9.95. The van der Waals surface area contributed by atoms with E-state index in [9.17, 15) is 13.2 Å². The summed E-state index contributed by atoms with van der Waals surface area (Å²) < 4.78 is 72.2. The van der Waals surface area contributed by atoms with E-state index < -0.39 is 23.7 Å². The number of rotatable bonds is 6. The Balaban J connectivity index is 1.08. The van der Waals surface area contributed by atoms with Gasteiger partial charge in [-0.3, -0.25) is 0 Å². The number of piperidine rings is 1. The van der Waals surface area contributed by atoms with Crippen molar-refractivity contribution in [2.24, 2.45) is 5.92 Å². The summed E-state index contributed by atoms with van der Waals surface area (Å²) in [7, 11) is 0. The van der Waals surface area contributed by atoms with Gasteiger partial charge in [-0.25, -0.2) is 18.7 Å². The monoisotopic (exact) mass is 704 g/mol. The third kappa shape index (κ3) is 6.01. The number of benzene rings is 3. The maximum Gasteiger partial charge on any atom is 0.391 e. The molecule has 4 aliphatic heterocycles. The number of H-pyrrole nitrogens is 2. The van der Waals surface area contributed by atoms with Crippen LogP contribution in [0, 0.1) is 17.6 Å². The zero-order chi connectivity index (χ0) is 34.9. The molecule has 9 rings (SSSR count). The molecule has 2 aromatic heterocycles. The molecular formula is C38H41F5N8. The average molecular weight is 705 g/mol. The van der Waals surface area contributed by atoms with E-state index >= 15 is 8.78 Å². The molecule has 0 bridgehead atoms. The minimum absolute atomic E-state index is 0.0581. The van der Waals surface area contributed by atoms with E-state index in [1.165, 1.54) is 17.0 Å². The van der Waals surface area contributed by atoms with Crippen LogP contribution in [0.1, 0.15) is 98.3 Å². The number of nitrogens with one attached hydrogen (secondary N) is 4. The Hall–Kier alpha value is -4.23. The van der Waals surface area contributed by atoms with Crippen LogP contribution in [0.25, 0.3) is 22.1 Å². The predicted molar refractivity (Wildman–Crippen MR) is 187 cm³/mol. The van der Waals surface area contributed by atoms with Gasteiger partial charge in [-0.05, 0) is 112 Å². The van der Waals surface area contributed by atoms with Gasteiger partial charge in [-0.15, -0.1) is 0 Å². The van der Waals surface area contributed by atoms with Crippen molar-refractivity contribution in [2.45, 2.75) is 81.7 Å². The first kappa shape index (κ1) is 32.7. The molecule has 0 aliphatic carbocycles. The number of fused-ring (bicyclic) bond motifs is 2. The van der Waals surface area contributed by atoms with Crippen LogP contribution >= 0.6 is 0 Å². The number of aromatic amines is 2. The van der Waals surface area contributed by atoms with E-state index in [1.807, 2.05) is 12.1 Å². The van der Waals surface area contributed by atoms with Gasteiger partial charge in [0.1, 0.15) is 17.3 Å². The number of alkyl halides is 3. The lowest BCUT2D eigenvalue weighted by Gasteiger charge is -2.36. The quantitative estimate of drug-likeness (QED) is 0.133. The molecule has 0 spiro atoms. The van der Waals surface area contributed by atoms with E-state index in [-0.39, 0.29) is 55.8 Å². The van der Waals surface area contributed by atoms with Gasteiger partial charge in [0.25, 0.3) is 0 Å². The number of halogens is 5. The maximum absolute atomic E-state index is 16.1. The lowest BCUT2D eigenvalue weighted by molar-refractivity contribution is -0.179. The Bertz CT molecular complexity index is 1930. The first-order valence-corrected chi connectivity index (χ1v) is 18.2. The highest BCUT2D eigenvalue weighted by atomic mass is 19.4. The Morgan fingerprint density at radius 2 is 1.16 bits per heavy atom. The summed E-state index contributed by atoms with van der Waals surface area (Å²) in [6.07, 6.45) is 1.06. The van der Waals surface area contributed by atoms with Crippen LogP contribution in [0.3, 0.4) is 0 Å². The fourth-order valence-corrected chi connectivity index (χ4v) is 8.93. The van der Waals surface area contributed by atoms with Crippen LogP contribution < -0.4 is 20.4 Å². The van der Waals surface area contributed by atoms with E-state index in [0.717, 1.165) is 96.5 Å². The fourth-order valence-electron chi connectivity index (χ4n) is 8.93. The third-order valence-corrected chi connectivity index (χ3v) is 11.6. The van der Waals surface area contributed by atoms with E-state index in [4.69, 9.17) is 9.97 Å². The molecule has 6 heterocycles. The number of imidazole rings is 2. The zero-order valence-corrected chi connectivity index (χ0v) is 28.2. The summed E-state index contributed by atoms with van der Waals surface area (Å²) in [5, 5.41) is 6.99. The van der Waals surface area contributed by atoms with Gasteiger partial charge < -0.3 is 30.4 Å². The first-order chi connectivity index (χ1) is 24.7. The number of aromatic nitrogens is 4. The molecule has 0 saturated carbocycles. The highest BCUT2D eigenvalue weighted by Crippen LogP contribution is 2.49. The smallest absolute Gasteiger partial charge is 0.367 e. The molecule has 4 atom stereocenters. The topological polar surface area (TPSA) is 87.9 Å². The van der Waals surface area contributed by atoms with Gasteiger partial charge in [-0.2, -0.15) is 13.2 Å². The Kier molecular flexibility index (Phi) is 8.18.